The third-order valence-electron chi connectivity index (χ3n) is 3.58. The van der Waals surface area contributed by atoms with Crippen LogP contribution in [0.15, 0.2) is 17.0 Å². The van der Waals surface area contributed by atoms with Gasteiger partial charge in [0.05, 0.1) is 4.90 Å². The highest BCUT2D eigenvalue weighted by Gasteiger charge is 2.25. The molecule has 21 heavy (non-hydrogen) atoms. The van der Waals surface area contributed by atoms with E-state index in [0.29, 0.717) is 10.9 Å². The molecule has 1 aliphatic carbocycles. The normalized spacial score (nSPS) is 16.2. The highest BCUT2D eigenvalue weighted by molar-refractivity contribution is 7.89. The molecule has 0 atom stereocenters. The van der Waals surface area contributed by atoms with E-state index in [4.69, 9.17) is 0 Å². The van der Waals surface area contributed by atoms with Crippen molar-refractivity contribution >= 4 is 10.0 Å². The first-order chi connectivity index (χ1) is 9.58. The highest BCUT2D eigenvalue weighted by Crippen LogP contribution is 2.24. The summed E-state index contributed by atoms with van der Waals surface area (Å²) >= 11 is 0. The third-order valence-corrected chi connectivity index (χ3v) is 5.47. The molecule has 0 amide bonds. The second kappa shape index (κ2) is 5.71. The molecule has 2 N–H and O–H groups in total. The molecule has 1 saturated carbocycles. The Morgan fingerprint density at radius 1 is 1.19 bits per heavy atom. The summed E-state index contributed by atoms with van der Waals surface area (Å²) in [6.45, 7) is 10.1. The summed E-state index contributed by atoms with van der Waals surface area (Å²) in [4.78, 5) is 0.394. The van der Waals surface area contributed by atoms with Crippen LogP contribution in [-0.2, 0) is 16.6 Å². The summed E-state index contributed by atoms with van der Waals surface area (Å²) in [6.07, 6.45) is 2.45. The van der Waals surface area contributed by atoms with Crippen molar-refractivity contribution in [2.75, 3.05) is 0 Å². The van der Waals surface area contributed by atoms with Crippen LogP contribution in [0, 0.1) is 13.8 Å². The van der Waals surface area contributed by atoms with Gasteiger partial charge in [-0.25, -0.2) is 13.1 Å². The van der Waals surface area contributed by atoms with E-state index in [1.807, 2.05) is 34.6 Å². The molecule has 0 spiro atoms. The van der Waals surface area contributed by atoms with Crippen LogP contribution in [-0.4, -0.2) is 20.0 Å². The Morgan fingerprint density at radius 3 is 2.33 bits per heavy atom. The van der Waals surface area contributed by atoms with E-state index < -0.39 is 15.6 Å². The number of benzene rings is 1. The maximum atomic E-state index is 12.6. The highest BCUT2D eigenvalue weighted by atomic mass is 32.2. The largest absolute Gasteiger partial charge is 0.310 e. The zero-order valence-electron chi connectivity index (χ0n) is 13.6. The van der Waals surface area contributed by atoms with Crippen molar-refractivity contribution in [3.63, 3.8) is 0 Å². The molecule has 0 heterocycles. The van der Waals surface area contributed by atoms with E-state index >= 15 is 0 Å². The van der Waals surface area contributed by atoms with Gasteiger partial charge in [-0.3, -0.25) is 0 Å². The fourth-order valence-electron chi connectivity index (χ4n) is 2.29. The lowest BCUT2D eigenvalue weighted by atomic mass is 10.1. The van der Waals surface area contributed by atoms with Gasteiger partial charge in [0.2, 0.25) is 10.0 Å². The lowest BCUT2D eigenvalue weighted by molar-refractivity contribution is 0.491. The molecule has 1 aliphatic rings. The van der Waals surface area contributed by atoms with Gasteiger partial charge >= 0.3 is 0 Å². The van der Waals surface area contributed by atoms with Gasteiger partial charge < -0.3 is 5.32 Å². The Balaban J connectivity index is 2.32. The first-order valence-electron chi connectivity index (χ1n) is 7.46. The maximum absolute atomic E-state index is 12.6. The van der Waals surface area contributed by atoms with Crippen molar-refractivity contribution in [3.8, 4) is 0 Å². The molecule has 0 bridgehead atoms. The van der Waals surface area contributed by atoms with E-state index in [9.17, 15) is 8.42 Å². The van der Waals surface area contributed by atoms with Gasteiger partial charge in [0, 0.05) is 18.1 Å². The van der Waals surface area contributed by atoms with Crippen LogP contribution in [0.2, 0.25) is 0 Å². The van der Waals surface area contributed by atoms with Gasteiger partial charge in [-0.15, -0.1) is 0 Å². The molecular weight excluding hydrogens is 284 g/mol. The van der Waals surface area contributed by atoms with E-state index in [1.165, 1.54) is 12.8 Å². The second-order valence-corrected chi connectivity index (χ2v) is 8.70. The number of hydrogen-bond acceptors (Lipinski definition) is 3. The molecule has 0 radical (unpaired) electrons. The van der Waals surface area contributed by atoms with Crippen molar-refractivity contribution in [1.82, 2.24) is 10.0 Å². The smallest absolute Gasteiger partial charge is 0.241 e. The zero-order chi connectivity index (χ0) is 15.8. The molecule has 0 aliphatic heterocycles. The average Bonchev–Trinajstić information content (AvgIpc) is 3.11. The van der Waals surface area contributed by atoms with Crippen LogP contribution in [0.1, 0.15) is 50.3 Å². The van der Waals surface area contributed by atoms with Gasteiger partial charge in [-0.2, -0.15) is 0 Å². The lowest BCUT2D eigenvalue weighted by Gasteiger charge is -2.22. The summed E-state index contributed by atoms with van der Waals surface area (Å²) in [5.74, 6) is 0. The third kappa shape index (κ3) is 4.53. The molecular formula is C16H26N2O2S. The Morgan fingerprint density at radius 2 is 1.81 bits per heavy atom. The maximum Gasteiger partial charge on any atom is 0.241 e. The van der Waals surface area contributed by atoms with Crippen molar-refractivity contribution in [3.05, 3.63) is 28.8 Å². The Labute approximate surface area is 128 Å². The summed E-state index contributed by atoms with van der Waals surface area (Å²) in [5, 5.41) is 3.43. The van der Waals surface area contributed by atoms with Crippen molar-refractivity contribution in [2.45, 2.75) is 70.5 Å². The Bertz CT molecular complexity index is 626. The SMILES string of the molecule is Cc1cc(CNC2CC2)cc(S(=O)(=O)NC(C)(C)C)c1C. The fourth-order valence-corrected chi connectivity index (χ4v) is 4.07. The monoisotopic (exact) mass is 310 g/mol. The average molecular weight is 310 g/mol. The van der Waals surface area contributed by atoms with E-state index in [2.05, 4.69) is 16.1 Å². The molecule has 0 aromatic heterocycles. The standard InChI is InChI=1S/C16H26N2O2S/c1-11-8-13(10-17-14-6-7-14)9-15(12(11)2)21(19,20)18-16(3,4)5/h8-9,14,17-18H,6-7,10H2,1-5H3. The van der Waals surface area contributed by atoms with E-state index in [-0.39, 0.29) is 0 Å². The number of nitrogens with one attached hydrogen (secondary N) is 2. The number of hydrogen-bond donors (Lipinski definition) is 2. The predicted octanol–water partition coefficient (Wildman–Crippen LogP) is 2.63. The van der Waals surface area contributed by atoms with Gasteiger partial charge in [0.1, 0.15) is 0 Å². The van der Waals surface area contributed by atoms with Gasteiger partial charge in [-0.1, -0.05) is 6.07 Å². The molecule has 0 unspecified atom stereocenters. The summed E-state index contributed by atoms with van der Waals surface area (Å²) in [7, 11) is -3.49. The minimum Gasteiger partial charge on any atom is -0.310 e. The van der Waals surface area contributed by atoms with Crippen LogP contribution in [0.5, 0.6) is 0 Å². The quantitative estimate of drug-likeness (QED) is 0.879. The zero-order valence-corrected chi connectivity index (χ0v) is 14.4. The minimum atomic E-state index is -3.49. The number of rotatable bonds is 5. The van der Waals surface area contributed by atoms with Gasteiger partial charge in [0.25, 0.3) is 0 Å². The van der Waals surface area contributed by atoms with Crippen molar-refractivity contribution < 1.29 is 8.42 Å². The molecule has 1 aromatic rings. The summed E-state index contributed by atoms with van der Waals surface area (Å²) in [5.41, 5.74) is 2.38. The van der Waals surface area contributed by atoms with Crippen molar-refractivity contribution in [2.24, 2.45) is 0 Å². The fraction of sp³-hybridized carbons (Fsp3) is 0.625. The molecule has 1 aromatic carbocycles. The van der Waals surface area contributed by atoms with Gasteiger partial charge in [0.15, 0.2) is 0 Å². The molecule has 0 saturated heterocycles. The molecule has 118 valence electrons. The van der Waals surface area contributed by atoms with E-state index in [1.54, 1.807) is 6.07 Å². The minimum absolute atomic E-state index is 0.394. The summed E-state index contributed by atoms with van der Waals surface area (Å²) < 4.78 is 27.9. The Hall–Kier alpha value is -0.910. The lowest BCUT2D eigenvalue weighted by Crippen LogP contribution is -2.40. The molecule has 5 heteroatoms. The van der Waals surface area contributed by atoms with E-state index in [0.717, 1.165) is 23.2 Å². The van der Waals surface area contributed by atoms with Crippen LogP contribution in [0.4, 0.5) is 0 Å². The van der Waals surface area contributed by atoms with Crippen LogP contribution >= 0.6 is 0 Å². The summed E-state index contributed by atoms with van der Waals surface area (Å²) in [6, 6.07) is 4.48. The molecule has 2 rings (SSSR count). The first kappa shape index (κ1) is 16.5. The van der Waals surface area contributed by atoms with Crippen molar-refractivity contribution in [1.29, 1.82) is 0 Å². The Kier molecular flexibility index (Phi) is 4.47. The first-order valence-corrected chi connectivity index (χ1v) is 8.94. The molecule has 4 nitrogen and oxygen atoms in total. The molecule has 1 fully saturated rings. The van der Waals surface area contributed by atoms with Crippen LogP contribution < -0.4 is 10.0 Å². The predicted molar refractivity (Wildman–Crippen MR) is 85.9 cm³/mol. The topological polar surface area (TPSA) is 58.2 Å². The second-order valence-electron chi connectivity index (χ2n) is 7.05. The van der Waals surface area contributed by atoms with Gasteiger partial charge in [-0.05, 0) is 70.2 Å². The number of aryl methyl sites for hydroxylation is 1. The van der Waals surface area contributed by atoms with Crippen LogP contribution in [0.25, 0.3) is 0 Å². The van der Waals surface area contributed by atoms with Crippen LogP contribution in [0.3, 0.4) is 0 Å². The number of sulfonamides is 1.